The molecule has 1 aliphatic rings. The normalized spacial score (nSPS) is 26.6. The monoisotopic (exact) mass is 194 g/mol. The molecule has 0 aromatic carbocycles. The highest BCUT2D eigenvalue weighted by molar-refractivity contribution is 5.78. The van der Waals surface area contributed by atoms with Crippen LogP contribution in [0.3, 0.4) is 0 Å². The summed E-state index contributed by atoms with van der Waals surface area (Å²) in [4.78, 5) is 11.6. The van der Waals surface area contributed by atoms with Crippen LogP contribution in [0, 0.1) is 18.3 Å². The third-order valence-electron chi connectivity index (χ3n) is 2.56. The number of carbonyl (C=O) groups is 1. The van der Waals surface area contributed by atoms with Crippen LogP contribution in [0.4, 0.5) is 0 Å². The second-order valence-corrected chi connectivity index (χ2v) is 3.82. The second-order valence-electron chi connectivity index (χ2n) is 3.82. The zero-order chi connectivity index (χ0) is 10.4. The molecule has 1 rings (SSSR count). The summed E-state index contributed by atoms with van der Waals surface area (Å²) in [6, 6.07) is 0.451. The molecule has 0 saturated carbocycles. The standard InChI is InChI=1S/C11H18N2O/c1-3-4-6-13-11(14)10-5-7-12-9(2)8-10/h1,9-10,12H,4-8H2,2H3,(H,13,14). The SMILES string of the molecule is C#CCCNC(=O)C1CCNC(C)C1. The summed E-state index contributed by atoms with van der Waals surface area (Å²) < 4.78 is 0. The molecule has 2 atom stereocenters. The van der Waals surface area contributed by atoms with E-state index in [0.29, 0.717) is 19.0 Å². The largest absolute Gasteiger partial charge is 0.355 e. The number of hydrogen-bond acceptors (Lipinski definition) is 2. The van der Waals surface area contributed by atoms with Crippen molar-refractivity contribution in [3.63, 3.8) is 0 Å². The molecule has 0 bridgehead atoms. The average Bonchev–Trinajstić information content (AvgIpc) is 2.18. The molecule has 3 heteroatoms. The van der Waals surface area contributed by atoms with Crippen LogP contribution in [0.15, 0.2) is 0 Å². The number of terminal acetylenes is 1. The van der Waals surface area contributed by atoms with E-state index in [1.54, 1.807) is 0 Å². The molecule has 0 spiro atoms. The maximum atomic E-state index is 11.6. The number of piperidine rings is 1. The minimum absolute atomic E-state index is 0.161. The molecule has 2 unspecified atom stereocenters. The van der Waals surface area contributed by atoms with Crippen molar-refractivity contribution >= 4 is 5.91 Å². The minimum Gasteiger partial charge on any atom is -0.355 e. The third-order valence-corrected chi connectivity index (χ3v) is 2.56. The zero-order valence-corrected chi connectivity index (χ0v) is 8.68. The highest BCUT2D eigenvalue weighted by atomic mass is 16.1. The Morgan fingerprint density at radius 3 is 3.14 bits per heavy atom. The quantitative estimate of drug-likeness (QED) is 0.508. The van der Waals surface area contributed by atoms with Gasteiger partial charge in [0.25, 0.3) is 0 Å². The predicted molar refractivity (Wildman–Crippen MR) is 56.6 cm³/mol. The number of carbonyl (C=O) groups excluding carboxylic acids is 1. The fraction of sp³-hybridized carbons (Fsp3) is 0.727. The summed E-state index contributed by atoms with van der Waals surface area (Å²) in [6.07, 6.45) is 7.59. The molecule has 1 fully saturated rings. The fourth-order valence-corrected chi connectivity index (χ4v) is 1.77. The van der Waals surface area contributed by atoms with Crippen molar-refractivity contribution in [3.8, 4) is 12.3 Å². The molecule has 14 heavy (non-hydrogen) atoms. The summed E-state index contributed by atoms with van der Waals surface area (Å²) in [5.41, 5.74) is 0. The van der Waals surface area contributed by atoms with Gasteiger partial charge in [-0.1, -0.05) is 0 Å². The van der Waals surface area contributed by atoms with Gasteiger partial charge in [-0.15, -0.1) is 12.3 Å². The first-order valence-corrected chi connectivity index (χ1v) is 5.18. The van der Waals surface area contributed by atoms with Crippen molar-refractivity contribution in [1.82, 2.24) is 10.6 Å². The Kier molecular flexibility index (Phi) is 4.48. The van der Waals surface area contributed by atoms with Crippen LogP contribution in [0.25, 0.3) is 0 Å². The Labute approximate surface area is 85.6 Å². The molecule has 0 aromatic rings. The first-order chi connectivity index (χ1) is 6.74. The minimum atomic E-state index is 0.161. The molecule has 3 nitrogen and oxygen atoms in total. The van der Waals surface area contributed by atoms with Gasteiger partial charge in [0.2, 0.25) is 5.91 Å². The Balaban J connectivity index is 2.26. The Hall–Kier alpha value is -1.01. The third kappa shape index (κ3) is 3.39. The van der Waals surface area contributed by atoms with Crippen molar-refractivity contribution in [2.75, 3.05) is 13.1 Å². The fourth-order valence-electron chi connectivity index (χ4n) is 1.77. The lowest BCUT2D eigenvalue weighted by atomic mass is 9.92. The van der Waals surface area contributed by atoms with E-state index in [1.165, 1.54) is 0 Å². The second kappa shape index (κ2) is 5.66. The van der Waals surface area contributed by atoms with Gasteiger partial charge in [0, 0.05) is 24.9 Å². The summed E-state index contributed by atoms with van der Waals surface area (Å²) in [5, 5.41) is 6.19. The van der Waals surface area contributed by atoms with E-state index in [9.17, 15) is 4.79 Å². The molecular formula is C11H18N2O. The Morgan fingerprint density at radius 2 is 2.50 bits per heavy atom. The van der Waals surface area contributed by atoms with Crippen LogP contribution in [-0.2, 0) is 4.79 Å². The Bertz CT molecular complexity index is 232. The lowest BCUT2D eigenvalue weighted by molar-refractivity contribution is -0.126. The molecule has 78 valence electrons. The molecule has 0 aliphatic carbocycles. The summed E-state index contributed by atoms with van der Waals surface area (Å²) in [7, 11) is 0. The van der Waals surface area contributed by atoms with E-state index >= 15 is 0 Å². The molecular weight excluding hydrogens is 176 g/mol. The zero-order valence-electron chi connectivity index (χ0n) is 8.68. The maximum Gasteiger partial charge on any atom is 0.223 e. The number of hydrogen-bond donors (Lipinski definition) is 2. The van der Waals surface area contributed by atoms with Gasteiger partial charge in [-0.05, 0) is 26.3 Å². The van der Waals surface area contributed by atoms with Crippen molar-refractivity contribution < 1.29 is 4.79 Å². The van der Waals surface area contributed by atoms with Gasteiger partial charge in [0.15, 0.2) is 0 Å². The van der Waals surface area contributed by atoms with Crippen LogP contribution in [-0.4, -0.2) is 25.0 Å². The highest BCUT2D eigenvalue weighted by Crippen LogP contribution is 2.15. The van der Waals surface area contributed by atoms with E-state index in [-0.39, 0.29) is 11.8 Å². The molecule has 1 heterocycles. The first-order valence-electron chi connectivity index (χ1n) is 5.18. The van der Waals surface area contributed by atoms with Gasteiger partial charge < -0.3 is 10.6 Å². The summed E-state index contributed by atoms with van der Waals surface area (Å²) in [6.45, 7) is 3.66. The molecule has 0 radical (unpaired) electrons. The lowest BCUT2D eigenvalue weighted by Crippen LogP contribution is -2.42. The maximum absolute atomic E-state index is 11.6. The van der Waals surface area contributed by atoms with E-state index in [2.05, 4.69) is 23.5 Å². The number of nitrogens with one attached hydrogen (secondary N) is 2. The van der Waals surface area contributed by atoms with E-state index in [4.69, 9.17) is 6.42 Å². The molecule has 1 aliphatic heterocycles. The van der Waals surface area contributed by atoms with Gasteiger partial charge in [0.05, 0.1) is 0 Å². The van der Waals surface area contributed by atoms with Crippen molar-refractivity contribution in [2.24, 2.45) is 5.92 Å². The van der Waals surface area contributed by atoms with E-state index in [0.717, 1.165) is 19.4 Å². The lowest BCUT2D eigenvalue weighted by Gasteiger charge is -2.26. The van der Waals surface area contributed by atoms with Gasteiger partial charge in [0.1, 0.15) is 0 Å². The average molecular weight is 194 g/mol. The summed E-state index contributed by atoms with van der Waals surface area (Å²) in [5.74, 6) is 2.84. The van der Waals surface area contributed by atoms with Crippen molar-refractivity contribution in [1.29, 1.82) is 0 Å². The first kappa shape index (κ1) is 11.1. The van der Waals surface area contributed by atoms with Crippen LogP contribution in [0.1, 0.15) is 26.2 Å². The highest BCUT2D eigenvalue weighted by Gasteiger charge is 2.23. The number of amides is 1. The van der Waals surface area contributed by atoms with Crippen LogP contribution >= 0.6 is 0 Å². The summed E-state index contributed by atoms with van der Waals surface area (Å²) >= 11 is 0. The van der Waals surface area contributed by atoms with Crippen molar-refractivity contribution in [3.05, 3.63) is 0 Å². The van der Waals surface area contributed by atoms with Crippen molar-refractivity contribution in [2.45, 2.75) is 32.2 Å². The smallest absolute Gasteiger partial charge is 0.223 e. The van der Waals surface area contributed by atoms with Gasteiger partial charge in [-0.25, -0.2) is 0 Å². The van der Waals surface area contributed by atoms with Crippen LogP contribution in [0.5, 0.6) is 0 Å². The van der Waals surface area contributed by atoms with Crippen LogP contribution in [0.2, 0.25) is 0 Å². The van der Waals surface area contributed by atoms with E-state index < -0.39 is 0 Å². The topological polar surface area (TPSA) is 41.1 Å². The van der Waals surface area contributed by atoms with Gasteiger partial charge in [-0.2, -0.15) is 0 Å². The van der Waals surface area contributed by atoms with Crippen LogP contribution < -0.4 is 10.6 Å². The van der Waals surface area contributed by atoms with Gasteiger partial charge >= 0.3 is 0 Å². The van der Waals surface area contributed by atoms with Gasteiger partial charge in [-0.3, -0.25) is 4.79 Å². The predicted octanol–water partition coefficient (Wildman–Crippen LogP) is 0.514. The molecule has 1 saturated heterocycles. The number of rotatable bonds is 3. The molecule has 2 N–H and O–H groups in total. The molecule has 0 aromatic heterocycles. The Morgan fingerprint density at radius 1 is 1.71 bits per heavy atom. The molecule has 1 amide bonds. The van der Waals surface area contributed by atoms with E-state index in [1.807, 2.05) is 0 Å².